The van der Waals surface area contributed by atoms with Crippen molar-refractivity contribution in [1.82, 2.24) is 14.5 Å². The molecule has 3 rings (SSSR count). The Hall–Kier alpha value is -1.10. The summed E-state index contributed by atoms with van der Waals surface area (Å²) in [6.45, 7) is 1.80. The molecule has 1 aliphatic rings. The number of hydrogen-bond acceptors (Lipinski definition) is 3. The van der Waals surface area contributed by atoms with E-state index in [1.54, 1.807) is 23.0 Å². The molecule has 1 saturated heterocycles. The van der Waals surface area contributed by atoms with E-state index in [2.05, 4.69) is 16.9 Å². The lowest BCUT2D eigenvalue weighted by atomic mass is 10.1. The van der Waals surface area contributed by atoms with Gasteiger partial charge in [-0.25, -0.2) is 4.98 Å². The van der Waals surface area contributed by atoms with E-state index in [1.165, 1.54) is 12.8 Å². The molecule has 21 heavy (non-hydrogen) atoms. The molecule has 0 aliphatic carbocycles. The summed E-state index contributed by atoms with van der Waals surface area (Å²) in [5.41, 5.74) is 0.453. The second-order valence-electron chi connectivity index (χ2n) is 5.59. The Morgan fingerprint density at radius 2 is 2.19 bits per heavy atom. The first kappa shape index (κ1) is 14.8. The molecule has 112 valence electrons. The largest absolute Gasteiger partial charge is 0.303 e. The van der Waals surface area contributed by atoms with Gasteiger partial charge in [-0.15, -0.1) is 0 Å². The maximum Gasteiger partial charge on any atom is 0.262 e. The Kier molecular flexibility index (Phi) is 4.20. The van der Waals surface area contributed by atoms with Crippen molar-refractivity contribution in [1.29, 1.82) is 0 Å². The summed E-state index contributed by atoms with van der Waals surface area (Å²) in [7, 11) is 2.14. The van der Waals surface area contributed by atoms with Gasteiger partial charge >= 0.3 is 0 Å². The Bertz CT molecular complexity index is 729. The zero-order valence-electron chi connectivity index (χ0n) is 11.9. The Labute approximate surface area is 133 Å². The van der Waals surface area contributed by atoms with E-state index < -0.39 is 0 Å². The molecular weight excluding hydrogens is 309 g/mol. The fourth-order valence-corrected chi connectivity index (χ4v) is 3.56. The maximum atomic E-state index is 12.5. The summed E-state index contributed by atoms with van der Waals surface area (Å²) >= 11 is 12.1. The zero-order valence-corrected chi connectivity index (χ0v) is 13.4. The highest BCUT2D eigenvalue weighted by Crippen LogP contribution is 2.24. The first-order valence-corrected chi connectivity index (χ1v) is 7.86. The van der Waals surface area contributed by atoms with Crippen LogP contribution < -0.4 is 5.56 Å². The Morgan fingerprint density at radius 3 is 2.90 bits per heavy atom. The molecule has 2 aromatic rings. The molecule has 1 aliphatic heterocycles. The maximum absolute atomic E-state index is 12.5. The predicted octanol–water partition coefficient (Wildman–Crippen LogP) is 3.19. The van der Waals surface area contributed by atoms with Crippen LogP contribution in [0.5, 0.6) is 0 Å². The lowest BCUT2D eigenvalue weighted by molar-refractivity contribution is 0.285. The van der Waals surface area contributed by atoms with Crippen LogP contribution in [0.2, 0.25) is 10.0 Å². The molecule has 4 nitrogen and oxygen atoms in total. The molecule has 0 N–H and O–H groups in total. The lowest BCUT2D eigenvalue weighted by Crippen LogP contribution is -2.28. The number of nitrogens with zero attached hydrogens (tertiary/aromatic N) is 3. The topological polar surface area (TPSA) is 38.1 Å². The van der Waals surface area contributed by atoms with E-state index in [0.29, 0.717) is 33.5 Å². The highest BCUT2D eigenvalue weighted by molar-refractivity contribution is 6.38. The van der Waals surface area contributed by atoms with Gasteiger partial charge in [0, 0.05) is 17.6 Å². The minimum absolute atomic E-state index is 0.0951. The number of likely N-dealkylation sites (tertiary alicyclic amines) is 1. The molecule has 0 radical (unpaired) electrons. The quantitative estimate of drug-likeness (QED) is 0.869. The number of rotatable bonds is 3. The zero-order chi connectivity index (χ0) is 15.0. The van der Waals surface area contributed by atoms with Crippen molar-refractivity contribution >= 4 is 34.1 Å². The number of aromatic nitrogens is 2. The fourth-order valence-electron chi connectivity index (χ4n) is 2.99. The smallest absolute Gasteiger partial charge is 0.262 e. The number of aryl methyl sites for hydroxylation is 1. The van der Waals surface area contributed by atoms with Crippen molar-refractivity contribution in [2.45, 2.75) is 31.8 Å². The van der Waals surface area contributed by atoms with Gasteiger partial charge in [-0.2, -0.15) is 0 Å². The van der Waals surface area contributed by atoms with Gasteiger partial charge < -0.3 is 4.90 Å². The molecule has 6 heteroatoms. The molecule has 1 fully saturated rings. The van der Waals surface area contributed by atoms with Gasteiger partial charge in [-0.05, 0) is 45.0 Å². The minimum atomic E-state index is -0.0951. The van der Waals surface area contributed by atoms with Crippen LogP contribution in [-0.4, -0.2) is 34.1 Å². The van der Waals surface area contributed by atoms with E-state index in [-0.39, 0.29) is 5.56 Å². The van der Waals surface area contributed by atoms with E-state index in [0.717, 1.165) is 13.0 Å². The van der Waals surface area contributed by atoms with E-state index in [9.17, 15) is 4.79 Å². The van der Waals surface area contributed by atoms with E-state index in [4.69, 9.17) is 23.2 Å². The molecule has 1 aromatic carbocycles. The van der Waals surface area contributed by atoms with Crippen LogP contribution in [0.25, 0.3) is 10.9 Å². The predicted molar refractivity (Wildman–Crippen MR) is 86.3 cm³/mol. The summed E-state index contributed by atoms with van der Waals surface area (Å²) in [6, 6.07) is 3.80. The van der Waals surface area contributed by atoms with Gasteiger partial charge in [0.25, 0.3) is 5.56 Å². The van der Waals surface area contributed by atoms with Crippen LogP contribution in [0, 0.1) is 0 Å². The molecule has 2 heterocycles. The monoisotopic (exact) mass is 325 g/mol. The highest BCUT2D eigenvalue weighted by atomic mass is 35.5. The first-order chi connectivity index (χ1) is 10.1. The van der Waals surface area contributed by atoms with Crippen molar-refractivity contribution < 1.29 is 0 Å². The molecule has 1 unspecified atom stereocenters. The normalized spacial score (nSPS) is 19.5. The molecule has 0 bridgehead atoms. The van der Waals surface area contributed by atoms with Crippen LogP contribution in [0.15, 0.2) is 23.3 Å². The number of hydrogen-bond donors (Lipinski definition) is 0. The number of halogens is 2. The lowest BCUT2D eigenvalue weighted by Gasteiger charge is -2.19. The average Bonchev–Trinajstić information content (AvgIpc) is 2.83. The minimum Gasteiger partial charge on any atom is -0.303 e. The van der Waals surface area contributed by atoms with Crippen molar-refractivity contribution in [3.05, 3.63) is 38.9 Å². The van der Waals surface area contributed by atoms with Crippen molar-refractivity contribution in [3.8, 4) is 0 Å². The van der Waals surface area contributed by atoms with Gasteiger partial charge in [0.15, 0.2) is 0 Å². The van der Waals surface area contributed by atoms with Gasteiger partial charge in [-0.3, -0.25) is 9.36 Å². The summed E-state index contributed by atoms with van der Waals surface area (Å²) in [5.74, 6) is 0. The number of fused-ring (bicyclic) bond motifs is 1. The van der Waals surface area contributed by atoms with Gasteiger partial charge in [0.05, 0.1) is 22.3 Å². The summed E-state index contributed by atoms with van der Waals surface area (Å²) < 4.78 is 1.65. The van der Waals surface area contributed by atoms with Crippen LogP contribution >= 0.6 is 23.2 Å². The fraction of sp³-hybridized carbons (Fsp3) is 0.467. The molecule has 0 amide bonds. The summed E-state index contributed by atoms with van der Waals surface area (Å²) in [6.07, 6.45) is 4.97. The molecule has 1 aromatic heterocycles. The molecular formula is C15H17Cl2N3O. The van der Waals surface area contributed by atoms with E-state index in [1.807, 2.05) is 0 Å². The van der Waals surface area contributed by atoms with Crippen LogP contribution in [0.3, 0.4) is 0 Å². The van der Waals surface area contributed by atoms with Gasteiger partial charge in [-0.1, -0.05) is 23.2 Å². The van der Waals surface area contributed by atoms with Gasteiger partial charge in [0.2, 0.25) is 0 Å². The third kappa shape index (κ3) is 2.93. The summed E-state index contributed by atoms with van der Waals surface area (Å²) in [4.78, 5) is 19.2. The second kappa shape index (κ2) is 5.95. The standard InChI is InChI=1S/C15H17Cl2N3O/c1-19-5-2-3-11(19)4-6-20-9-18-13-8-10(16)7-12(17)14(13)15(20)21/h7-9,11H,2-6H2,1H3. The first-order valence-electron chi connectivity index (χ1n) is 7.10. The van der Waals surface area contributed by atoms with Crippen molar-refractivity contribution in [2.24, 2.45) is 0 Å². The molecule has 1 atom stereocenters. The molecule has 0 spiro atoms. The Balaban J connectivity index is 1.90. The van der Waals surface area contributed by atoms with Crippen LogP contribution in [0.4, 0.5) is 0 Å². The second-order valence-corrected chi connectivity index (χ2v) is 6.43. The van der Waals surface area contributed by atoms with Crippen LogP contribution in [-0.2, 0) is 6.54 Å². The molecule has 0 saturated carbocycles. The Morgan fingerprint density at radius 1 is 1.38 bits per heavy atom. The number of benzene rings is 1. The summed E-state index contributed by atoms with van der Waals surface area (Å²) in [5, 5.41) is 1.30. The van der Waals surface area contributed by atoms with Gasteiger partial charge in [0.1, 0.15) is 0 Å². The third-order valence-corrected chi connectivity index (χ3v) is 4.74. The van der Waals surface area contributed by atoms with E-state index >= 15 is 0 Å². The van der Waals surface area contributed by atoms with Crippen molar-refractivity contribution in [2.75, 3.05) is 13.6 Å². The average molecular weight is 326 g/mol. The third-order valence-electron chi connectivity index (χ3n) is 4.22. The SMILES string of the molecule is CN1CCCC1CCn1cnc2cc(Cl)cc(Cl)c2c1=O. The van der Waals surface area contributed by atoms with Crippen LogP contribution in [0.1, 0.15) is 19.3 Å². The van der Waals surface area contributed by atoms with Crippen molar-refractivity contribution in [3.63, 3.8) is 0 Å². The highest BCUT2D eigenvalue weighted by Gasteiger charge is 2.20.